The average molecular weight is 352 g/mol. The Balaban J connectivity index is -0.000000158. The number of carbonyl (C=O) groups is 1. The molecule has 0 aliphatic heterocycles. The normalized spacial score (nSPS) is 16.1. The molecule has 0 rings (SSSR count). The molecule has 9 N–H and O–H groups in total. The topological polar surface area (TPSA) is 219 Å². The van der Waals surface area contributed by atoms with Gasteiger partial charge in [-0.15, -0.1) is 0 Å². The minimum Gasteiger partial charge on any atom is -1.00 e. The third kappa shape index (κ3) is 16.5. The van der Waals surface area contributed by atoms with Gasteiger partial charge in [0.05, 0.1) is 6.61 Å². The minimum absolute atomic E-state index is 0. The summed E-state index contributed by atoms with van der Waals surface area (Å²) in [6, 6.07) is 0. The maximum absolute atomic E-state index is 10.3. The first-order valence-electron chi connectivity index (χ1n) is 4.24. The molecule has 0 saturated carbocycles. The summed E-state index contributed by atoms with van der Waals surface area (Å²) in [6.45, 7) is -0.802. The van der Waals surface area contributed by atoms with Crippen LogP contribution < -0.4 is 47.7 Å². The number of nitrogens with two attached hydrogens (primary N) is 1. The molecule has 118 valence electrons. The summed E-state index contributed by atoms with van der Waals surface area (Å²) in [4.78, 5) is 10.3. The van der Waals surface area contributed by atoms with E-state index < -0.39 is 47.3 Å². The first-order valence-corrected chi connectivity index (χ1v) is 5.63. The van der Waals surface area contributed by atoms with E-state index in [1.807, 2.05) is 0 Å². The monoisotopic (exact) mass is 351 g/mol. The molecule has 0 spiro atoms. The van der Waals surface area contributed by atoms with Gasteiger partial charge in [-0.1, -0.05) is 0 Å². The van der Waals surface area contributed by atoms with Crippen molar-refractivity contribution >= 4 is 16.3 Å². The van der Waals surface area contributed by atoms with E-state index in [4.69, 9.17) is 43.1 Å². The van der Waals surface area contributed by atoms with Gasteiger partial charge in [0.15, 0.2) is 6.10 Å². The molecule has 0 aromatic rings. The molecule has 11 nitrogen and oxygen atoms in total. The van der Waals surface area contributed by atoms with Gasteiger partial charge in [-0.3, -0.25) is 13.9 Å². The molecule has 0 aliphatic carbocycles. The Kier molecular flexibility index (Phi) is 18.7. The van der Waals surface area contributed by atoms with E-state index in [1.165, 1.54) is 0 Å². The number of hydrogen-bond donors (Lipinski definition) is 8. The van der Waals surface area contributed by atoms with Crippen LogP contribution in [-0.4, -0.2) is 80.0 Å². The van der Waals surface area contributed by atoms with Crippen molar-refractivity contribution in [1.29, 1.82) is 0 Å². The molecule has 0 aliphatic rings. The van der Waals surface area contributed by atoms with Gasteiger partial charge < -0.3 is 43.7 Å². The summed E-state index contributed by atoms with van der Waals surface area (Å²) in [5.74, 6) is -1.23. The standard InChI is InChI=1S/C6H13NO6.ClH.Na.H2O4S/c7-6(13)5(12)4(11)3(10)2(9)1-8;;;1-5(2,3)4/h2-5,8-12H,1H2,(H2,7,13);1H;;(H2,1,2,3,4)/q;;+1;/p-1. The quantitative estimate of drug-likeness (QED) is 0.172. The summed E-state index contributed by atoms with van der Waals surface area (Å²) in [5, 5.41) is 44.0. The number of aliphatic hydroxyl groups is 5. The van der Waals surface area contributed by atoms with Crippen LogP contribution in [0.15, 0.2) is 0 Å². The maximum Gasteiger partial charge on any atom is 1.00 e. The van der Waals surface area contributed by atoms with Gasteiger partial charge in [0.25, 0.3) is 0 Å². The zero-order chi connectivity index (χ0) is 15.1. The molecular formula is C6H15ClNNaO10S. The van der Waals surface area contributed by atoms with Crippen molar-refractivity contribution in [2.75, 3.05) is 6.61 Å². The fourth-order valence-corrected chi connectivity index (χ4v) is 0.691. The van der Waals surface area contributed by atoms with Crippen molar-refractivity contribution in [3.8, 4) is 0 Å². The summed E-state index contributed by atoms with van der Waals surface area (Å²) in [7, 11) is -4.67. The Hall–Kier alpha value is 0.430. The van der Waals surface area contributed by atoms with Crippen molar-refractivity contribution in [2.45, 2.75) is 24.4 Å². The van der Waals surface area contributed by atoms with Crippen LogP contribution in [0.4, 0.5) is 0 Å². The van der Waals surface area contributed by atoms with Crippen molar-refractivity contribution in [1.82, 2.24) is 0 Å². The van der Waals surface area contributed by atoms with E-state index >= 15 is 0 Å². The van der Waals surface area contributed by atoms with Crippen LogP contribution in [0.5, 0.6) is 0 Å². The summed E-state index contributed by atoms with van der Waals surface area (Å²) >= 11 is 0. The molecule has 0 heterocycles. The minimum atomic E-state index is -4.67. The van der Waals surface area contributed by atoms with Gasteiger partial charge in [0, 0.05) is 0 Å². The second-order valence-electron chi connectivity index (χ2n) is 3.03. The zero-order valence-corrected chi connectivity index (χ0v) is 13.8. The number of aliphatic hydroxyl groups excluding tert-OH is 5. The molecule has 0 aromatic heterocycles. The molecule has 0 aromatic carbocycles. The van der Waals surface area contributed by atoms with E-state index in [0.29, 0.717) is 0 Å². The van der Waals surface area contributed by atoms with Gasteiger partial charge in [0.2, 0.25) is 5.91 Å². The van der Waals surface area contributed by atoms with E-state index in [9.17, 15) is 4.79 Å². The molecule has 20 heavy (non-hydrogen) atoms. The van der Waals surface area contributed by atoms with Crippen LogP contribution in [0.25, 0.3) is 0 Å². The number of rotatable bonds is 5. The predicted octanol–water partition coefficient (Wildman–Crippen LogP) is -10.7. The summed E-state index contributed by atoms with van der Waals surface area (Å²) < 4.78 is 31.6. The van der Waals surface area contributed by atoms with Gasteiger partial charge in [0.1, 0.15) is 18.3 Å². The Morgan fingerprint density at radius 3 is 1.55 bits per heavy atom. The smallest absolute Gasteiger partial charge is 1.00 e. The molecule has 0 fully saturated rings. The van der Waals surface area contributed by atoms with Crippen molar-refractivity contribution < 1.29 is 89.8 Å². The second-order valence-corrected chi connectivity index (χ2v) is 3.92. The summed E-state index contributed by atoms with van der Waals surface area (Å²) in [5.41, 5.74) is 4.61. The maximum atomic E-state index is 10.3. The molecule has 14 heteroatoms. The first kappa shape index (κ1) is 28.6. The second kappa shape index (κ2) is 13.1. The first-order chi connectivity index (χ1) is 7.91. The molecule has 0 bridgehead atoms. The summed E-state index contributed by atoms with van der Waals surface area (Å²) in [6.07, 6.45) is -7.35. The van der Waals surface area contributed by atoms with Crippen molar-refractivity contribution in [3.05, 3.63) is 0 Å². The van der Waals surface area contributed by atoms with E-state index in [0.717, 1.165) is 0 Å². The fourth-order valence-electron chi connectivity index (χ4n) is 0.691. The molecular weight excluding hydrogens is 337 g/mol. The van der Waals surface area contributed by atoms with Gasteiger partial charge in [-0.05, 0) is 0 Å². The molecule has 1 amide bonds. The van der Waals surface area contributed by atoms with Crippen LogP contribution in [0.2, 0.25) is 0 Å². The Labute approximate surface area is 142 Å². The van der Waals surface area contributed by atoms with Crippen LogP contribution in [0.1, 0.15) is 0 Å². The third-order valence-corrected chi connectivity index (χ3v) is 1.55. The van der Waals surface area contributed by atoms with Gasteiger partial charge in [-0.25, -0.2) is 0 Å². The van der Waals surface area contributed by atoms with Crippen LogP contribution in [0.3, 0.4) is 0 Å². The Morgan fingerprint density at radius 2 is 1.35 bits per heavy atom. The van der Waals surface area contributed by atoms with Crippen LogP contribution >= 0.6 is 0 Å². The average Bonchev–Trinajstić information content (AvgIpc) is 2.22. The number of halogens is 1. The number of primary amides is 1. The van der Waals surface area contributed by atoms with E-state index in [1.54, 1.807) is 0 Å². The Morgan fingerprint density at radius 1 is 1.05 bits per heavy atom. The number of carbonyl (C=O) groups excluding carboxylic acids is 1. The van der Waals surface area contributed by atoms with E-state index in [2.05, 4.69) is 5.73 Å². The predicted molar refractivity (Wildman–Crippen MR) is 54.5 cm³/mol. The van der Waals surface area contributed by atoms with Gasteiger partial charge >= 0.3 is 40.0 Å². The largest absolute Gasteiger partial charge is 1.00 e. The molecule has 0 radical (unpaired) electrons. The van der Waals surface area contributed by atoms with E-state index in [-0.39, 0.29) is 42.0 Å². The molecule has 4 atom stereocenters. The SMILES string of the molecule is NC(=O)C(O)C(O)C(O)C(O)CO.O=S(=O)(O)O.[Cl-].[Na+]. The molecule has 0 saturated heterocycles. The van der Waals surface area contributed by atoms with Crippen LogP contribution in [-0.2, 0) is 15.2 Å². The third-order valence-electron chi connectivity index (χ3n) is 1.55. The fraction of sp³-hybridized carbons (Fsp3) is 0.833. The molecule has 4 unspecified atom stereocenters. The van der Waals surface area contributed by atoms with Crippen molar-refractivity contribution in [3.63, 3.8) is 0 Å². The van der Waals surface area contributed by atoms with Crippen molar-refractivity contribution in [2.24, 2.45) is 5.73 Å². The number of amides is 1. The zero-order valence-electron chi connectivity index (χ0n) is 10.2. The van der Waals surface area contributed by atoms with Gasteiger partial charge in [-0.2, -0.15) is 8.42 Å². The Bertz CT molecular complexity index is 346. The van der Waals surface area contributed by atoms with Crippen LogP contribution in [0, 0.1) is 0 Å². The number of hydrogen-bond acceptors (Lipinski definition) is 8.